The van der Waals surface area contributed by atoms with Gasteiger partial charge in [0.25, 0.3) is 5.91 Å². The Bertz CT molecular complexity index is 854. The number of anilines is 2. The lowest BCUT2D eigenvalue weighted by Gasteiger charge is -2.33. The van der Waals surface area contributed by atoms with Crippen molar-refractivity contribution in [2.75, 3.05) is 58.3 Å². The number of benzene rings is 1. The Hall–Kier alpha value is -2.56. The molecule has 0 saturated carbocycles. The van der Waals surface area contributed by atoms with Gasteiger partial charge in [-0.3, -0.25) is 14.5 Å². The fraction of sp³-hybridized carbons (Fsp3) is 0.450. The minimum absolute atomic E-state index is 0.0192. The van der Waals surface area contributed by atoms with Crippen LogP contribution in [0.2, 0.25) is 0 Å². The Labute approximate surface area is 179 Å². The molecule has 0 spiro atoms. The van der Waals surface area contributed by atoms with Crippen LogP contribution >= 0.6 is 11.3 Å². The molecule has 1 aliphatic rings. The van der Waals surface area contributed by atoms with Crippen molar-refractivity contribution in [1.82, 2.24) is 20.1 Å². The highest BCUT2D eigenvalue weighted by atomic mass is 32.1. The van der Waals surface area contributed by atoms with Gasteiger partial charge in [-0.25, -0.2) is 9.37 Å². The van der Waals surface area contributed by atoms with Gasteiger partial charge in [0, 0.05) is 51.8 Å². The smallest absolute Gasteiger partial charge is 0.273 e. The van der Waals surface area contributed by atoms with Crippen LogP contribution in [0.1, 0.15) is 16.9 Å². The molecule has 8 nitrogen and oxygen atoms in total. The molecule has 10 heteroatoms. The maximum Gasteiger partial charge on any atom is 0.273 e. The van der Waals surface area contributed by atoms with E-state index < -0.39 is 0 Å². The van der Waals surface area contributed by atoms with Gasteiger partial charge in [0.05, 0.1) is 12.2 Å². The van der Waals surface area contributed by atoms with Crippen LogP contribution < -0.4 is 10.6 Å². The second kappa shape index (κ2) is 11.0. The third-order valence-electron chi connectivity index (χ3n) is 4.71. The number of nitrogens with one attached hydrogen (secondary N) is 2. The maximum absolute atomic E-state index is 13.8. The highest BCUT2D eigenvalue weighted by Crippen LogP contribution is 2.23. The van der Waals surface area contributed by atoms with Crippen LogP contribution in [0.15, 0.2) is 29.6 Å². The fourth-order valence-electron chi connectivity index (χ4n) is 3.08. The van der Waals surface area contributed by atoms with Crippen molar-refractivity contribution in [3.63, 3.8) is 0 Å². The Morgan fingerprint density at radius 3 is 2.73 bits per heavy atom. The zero-order valence-corrected chi connectivity index (χ0v) is 17.7. The molecule has 1 aliphatic heterocycles. The number of ether oxygens (including phenoxy) is 1. The van der Waals surface area contributed by atoms with Crippen LogP contribution in [0.25, 0.3) is 0 Å². The van der Waals surface area contributed by atoms with E-state index in [1.807, 2.05) is 4.90 Å². The van der Waals surface area contributed by atoms with Crippen LogP contribution in [0.5, 0.6) is 0 Å². The van der Waals surface area contributed by atoms with Gasteiger partial charge in [-0.15, -0.1) is 11.3 Å². The van der Waals surface area contributed by atoms with Gasteiger partial charge < -0.3 is 20.3 Å². The quantitative estimate of drug-likeness (QED) is 0.586. The van der Waals surface area contributed by atoms with Crippen molar-refractivity contribution in [2.24, 2.45) is 0 Å². The van der Waals surface area contributed by atoms with Gasteiger partial charge in [0.15, 0.2) is 5.13 Å². The average molecular weight is 436 g/mol. The van der Waals surface area contributed by atoms with Crippen molar-refractivity contribution >= 4 is 34.0 Å². The third kappa shape index (κ3) is 6.22. The molecule has 1 aromatic heterocycles. The number of hydrogen-bond acceptors (Lipinski definition) is 7. The summed E-state index contributed by atoms with van der Waals surface area (Å²) in [5.41, 5.74) is 0.656. The second-order valence-corrected chi connectivity index (χ2v) is 7.77. The van der Waals surface area contributed by atoms with Crippen molar-refractivity contribution < 1.29 is 18.7 Å². The molecule has 2 aromatic rings. The van der Waals surface area contributed by atoms with Gasteiger partial charge in [-0.1, -0.05) is 12.1 Å². The van der Waals surface area contributed by atoms with E-state index in [4.69, 9.17) is 4.74 Å². The Balaban J connectivity index is 1.45. The summed E-state index contributed by atoms with van der Waals surface area (Å²) in [6.45, 7) is 3.85. The minimum atomic E-state index is -0.376. The van der Waals surface area contributed by atoms with Crippen LogP contribution in [0.3, 0.4) is 0 Å². The van der Waals surface area contributed by atoms with Crippen LogP contribution in [-0.4, -0.2) is 79.6 Å². The first-order valence-electron chi connectivity index (χ1n) is 9.81. The summed E-state index contributed by atoms with van der Waals surface area (Å²) in [6.07, 6.45) is 0.784. The number of methoxy groups -OCH3 is 1. The lowest BCUT2D eigenvalue weighted by Crippen LogP contribution is -2.51. The first-order chi connectivity index (χ1) is 14.6. The van der Waals surface area contributed by atoms with E-state index >= 15 is 0 Å². The number of piperazine rings is 1. The summed E-state index contributed by atoms with van der Waals surface area (Å²) in [4.78, 5) is 32.8. The van der Waals surface area contributed by atoms with Gasteiger partial charge >= 0.3 is 0 Å². The molecule has 0 bridgehead atoms. The van der Waals surface area contributed by atoms with Crippen molar-refractivity contribution in [1.29, 1.82) is 0 Å². The fourth-order valence-corrected chi connectivity index (χ4v) is 3.78. The van der Waals surface area contributed by atoms with Crippen LogP contribution in [0.4, 0.5) is 15.2 Å². The van der Waals surface area contributed by atoms with E-state index in [9.17, 15) is 14.0 Å². The van der Waals surface area contributed by atoms with Crippen molar-refractivity contribution in [3.8, 4) is 0 Å². The third-order valence-corrected chi connectivity index (χ3v) is 5.47. The Morgan fingerprint density at radius 2 is 2.00 bits per heavy atom. The molecule has 3 rings (SSSR count). The first kappa shape index (κ1) is 22.1. The van der Waals surface area contributed by atoms with Crippen LogP contribution in [0, 0.1) is 5.82 Å². The molecule has 1 saturated heterocycles. The second-order valence-electron chi connectivity index (χ2n) is 6.91. The van der Waals surface area contributed by atoms with E-state index in [2.05, 4.69) is 15.6 Å². The molecule has 2 N–H and O–H groups in total. The number of carbonyl (C=O) groups is 2. The summed E-state index contributed by atoms with van der Waals surface area (Å²) >= 11 is 1.26. The Morgan fingerprint density at radius 1 is 1.23 bits per heavy atom. The normalized spacial score (nSPS) is 14.5. The highest BCUT2D eigenvalue weighted by molar-refractivity contribution is 7.14. The van der Waals surface area contributed by atoms with E-state index in [1.165, 1.54) is 17.4 Å². The molecule has 2 heterocycles. The zero-order valence-electron chi connectivity index (χ0n) is 16.9. The molecule has 0 aliphatic carbocycles. The lowest BCUT2D eigenvalue weighted by atomic mass is 10.3. The average Bonchev–Trinajstić information content (AvgIpc) is 3.21. The van der Waals surface area contributed by atoms with Crippen molar-refractivity contribution in [3.05, 3.63) is 41.2 Å². The molecule has 0 atom stereocenters. The molecular formula is C20H26FN5O3S. The van der Waals surface area contributed by atoms with E-state index in [0.29, 0.717) is 62.4 Å². The number of aromatic nitrogens is 1. The summed E-state index contributed by atoms with van der Waals surface area (Å²) in [5.74, 6) is -0.551. The molecular weight excluding hydrogens is 409 g/mol. The van der Waals surface area contributed by atoms with E-state index in [-0.39, 0.29) is 17.6 Å². The maximum atomic E-state index is 13.8. The van der Waals surface area contributed by atoms with Crippen LogP contribution in [-0.2, 0) is 9.53 Å². The monoisotopic (exact) mass is 435 g/mol. The molecule has 2 amide bonds. The number of para-hydroxylation sites is 1. The van der Waals surface area contributed by atoms with Gasteiger partial charge in [-0.2, -0.15) is 0 Å². The number of rotatable bonds is 9. The lowest BCUT2D eigenvalue weighted by molar-refractivity contribution is -0.122. The Kier molecular flexibility index (Phi) is 8.12. The molecule has 1 aromatic carbocycles. The number of carbonyl (C=O) groups excluding carboxylic acids is 2. The first-order valence-corrected chi connectivity index (χ1v) is 10.7. The van der Waals surface area contributed by atoms with Crippen molar-refractivity contribution in [2.45, 2.75) is 6.42 Å². The SMILES string of the molecule is COCCCNC(=O)CN1CCN(C(=O)c2csc(Nc3ccccc3F)n2)CC1. The zero-order chi connectivity index (χ0) is 21.3. The predicted octanol–water partition coefficient (Wildman–Crippen LogP) is 1.94. The molecule has 0 radical (unpaired) electrons. The van der Waals surface area contributed by atoms with E-state index in [0.717, 1.165) is 6.42 Å². The number of halogens is 1. The molecule has 1 fully saturated rings. The predicted molar refractivity (Wildman–Crippen MR) is 114 cm³/mol. The number of thiazole rings is 1. The van der Waals surface area contributed by atoms with Gasteiger partial charge in [0.2, 0.25) is 5.91 Å². The number of nitrogens with zero attached hydrogens (tertiary/aromatic N) is 3. The number of hydrogen-bond donors (Lipinski definition) is 2. The van der Waals surface area contributed by atoms with E-state index in [1.54, 1.807) is 35.6 Å². The summed E-state index contributed by atoms with van der Waals surface area (Å²) in [7, 11) is 1.63. The summed E-state index contributed by atoms with van der Waals surface area (Å²) in [5, 5.41) is 7.91. The number of amides is 2. The summed E-state index contributed by atoms with van der Waals surface area (Å²) < 4.78 is 18.7. The van der Waals surface area contributed by atoms with Gasteiger partial charge in [0.1, 0.15) is 11.5 Å². The molecule has 162 valence electrons. The molecule has 30 heavy (non-hydrogen) atoms. The minimum Gasteiger partial charge on any atom is -0.385 e. The molecule has 0 unspecified atom stereocenters. The highest BCUT2D eigenvalue weighted by Gasteiger charge is 2.24. The summed E-state index contributed by atoms with van der Waals surface area (Å²) in [6, 6.07) is 6.32. The largest absolute Gasteiger partial charge is 0.385 e. The standard InChI is InChI=1S/C20H26FN5O3S/c1-29-12-4-7-22-18(27)13-25-8-10-26(11-9-25)19(28)17-14-30-20(24-17)23-16-6-3-2-5-15(16)21/h2-3,5-6,14H,4,7-13H2,1H3,(H,22,27)(H,23,24). The van der Waals surface area contributed by atoms with Gasteiger partial charge in [-0.05, 0) is 18.6 Å². The topological polar surface area (TPSA) is 86.8 Å².